The molecule has 0 aliphatic rings. The van der Waals surface area contributed by atoms with Gasteiger partial charge in [-0.25, -0.2) is 0 Å². The number of rotatable bonds is 9. The van der Waals surface area contributed by atoms with Crippen molar-refractivity contribution in [2.24, 2.45) is 0 Å². The first-order valence-electron chi connectivity index (χ1n) is 11.5. The predicted molar refractivity (Wildman–Crippen MR) is 138 cm³/mol. The number of nitrogens with one attached hydrogen (secondary N) is 3. The van der Waals surface area contributed by atoms with E-state index in [-0.39, 0.29) is 24.1 Å². The van der Waals surface area contributed by atoms with Crippen molar-refractivity contribution in [3.05, 3.63) is 96.2 Å². The molecule has 1 atom stereocenters. The van der Waals surface area contributed by atoms with Crippen LogP contribution < -0.4 is 10.6 Å². The summed E-state index contributed by atoms with van der Waals surface area (Å²) in [7, 11) is 0. The van der Waals surface area contributed by atoms with Crippen LogP contribution in [-0.2, 0) is 9.59 Å². The normalized spacial score (nSPS) is 11.9. The number of carbonyl (C=O) groups excluding carboxylic acids is 3. The molecule has 2 amide bonds. The highest BCUT2D eigenvalue weighted by atomic mass is 16.2. The van der Waals surface area contributed by atoms with E-state index in [2.05, 4.69) is 15.6 Å². The molecule has 1 unspecified atom stereocenters. The Morgan fingerprint density at radius 3 is 2.14 bits per heavy atom. The number of aromatic nitrogens is 1. The Hall–Kier alpha value is -4.23. The van der Waals surface area contributed by atoms with Crippen LogP contribution in [0.4, 0.5) is 11.4 Å². The van der Waals surface area contributed by atoms with Crippen molar-refractivity contribution in [2.75, 3.05) is 23.7 Å². The zero-order valence-corrected chi connectivity index (χ0v) is 19.7. The third kappa shape index (κ3) is 5.65. The van der Waals surface area contributed by atoms with Gasteiger partial charge < -0.3 is 15.6 Å². The zero-order chi connectivity index (χ0) is 24.8. The molecule has 1 heterocycles. The minimum absolute atomic E-state index is 0.0393. The van der Waals surface area contributed by atoms with Crippen molar-refractivity contribution in [1.82, 2.24) is 9.88 Å². The topological polar surface area (TPSA) is 94.3 Å². The number of ketones is 1. The molecule has 0 aliphatic heterocycles. The lowest BCUT2D eigenvalue weighted by atomic mass is 9.95. The molecule has 4 rings (SSSR count). The quantitative estimate of drug-likeness (QED) is 0.301. The molecule has 0 fully saturated rings. The first-order valence-corrected chi connectivity index (χ1v) is 11.5. The lowest BCUT2D eigenvalue weighted by Crippen LogP contribution is -2.39. The summed E-state index contributed by atoms with van der Waals surface area (Å²) < 4.78 is 0. The smallest absolute Gasteiger partial charge is 0.238 e. The Balaban J connectivity index is 1.57. The molecule has 1 aromatic heterocycles. The molecule has 178 valence electrons. The van der Waals surface area contributed by atoms with E-state index in [0.717, 1.165) is 16.5 Å². The summed E-state index contributed by atoms with van der Waals surface area (Å²) in [6.45, 7) is 3.92. The third-order valence-electron chi connectivity index (χ3n) is 5.83. The highest BCUT2D eigenvalue weighted by molar-refractivity contribution is 6.10. The van der Waals surface area contributed by atoms with Crippen LogP contribution in [-0.4, -0.2) is 40.6 Å². The Kier molecular flexibility index (Phi) is 7.38. The maximum Gasteiger partial charge on any atom is 0.238 e. The van der Waals surface area contributed by atoms with E-state index in [1.165, 1.54) is 6.92 Å². The molecule has 0 radical (unpaired) electrons. The number of likely N-dealkylation sites (N-methyl/N-ethyl adjacent to an activating group) is 1. The highest BCUT2D eigenvalue weighted by Gasteiger charge is 2.30. The van der Waals surface area contributed by atoms with Gasteiger partial charge in [0.1, 0.15) is 0 Å². The molecule has 0 saturated heterocycles. The lowest BCUT2D eigenvalue weighted by Gasteiger charge is -2.29. The number of nitrogens with zero attached hydrogens (tertiary/aromatic N) is 1. The fraction of sp³-hybridized carbons (Fsp3) is 0.179. The van der Waals surface area contributed by atoms with Gasteiger partial charge in [0, 0.05) is 41.0 Å². The second-order valence-corrected chi connectivity index (χ2v) is 8.30. The number of H-pyrrole nitrogens is 1. The van der Waals surface area contributed by atoms with Crippen molar-refractivity contribution >= 4 is 39.9 Å². The van der Waals surface area contributed by atoms with Gasteiger partial charge in [0.2, 0.25) is 11.8 Å². The van der Waals surface area contributed by atoms with Crippen LogP contribution in [0.15, 0.2) is 85.1 Å². The predicted octanol–water partition coefficient (Wildman–Crippen LogP) is 5.01. The van der Waals surface area contributed by atoms with Crippen LogP contribution in [0.25, 0.3) is 10.9 Å². The number of aromatic amines is 1. The zero-order valence-electron chi connectivity index (χ0n) is 19.7. The number of amides is 2. The van der Waals surface area contributed by atoms with Gasteiger partial charge in [-0.05, 0) is 42.4 Å². The van der Waals surface area contributed by atoms with E-state index < -0.39 is 6.04 Å². The van der Waals surface area contributed by atoms with E-state index in [4.69, 9.17) is 0 Å². The number of carbonyl (C=O) groups is 3. The maximum atomic E-state index is 13.9. The van der Waals surface area contributed by atoms with Gasteiger partial charge >= 0.3 is 0 Å². The molecule has 35 heavy (non-hydrogen) atoms. The third-order valence-corrected chi connectivity index (χ3v) is 5.83. The van der Waals surface area contributed by atoms with Crippen LogP contribution in [0.1, 0.15) is 35.8 Å². The summed E-state index contributed by atoms with van der Waals surface area (Å²) in [6.07, 6.45) is 1.74. The molecular formula is C28H28N4O3. The largest absolute Gasteiger partial charge is 0.360 e. The monoisotopic (exact) mass is 468 g/mol. The van der Waals surface area contributed by atoms with Crippen molar-refractivity contribution < 1.29 is 14.4 Å². The van der Waals surface area contributed by atoms with Gasteiger partial charge in [-0.3, -0.25) is 19.3 Å². The van der Waals surface area contributed by atoms with Gasteiger partial charge in [0.15, 0.2) is 5.78 Å². The van der Waals surface area contributed by atoms with Crippen LogP contribution in [0.3, 0.4) is 0 Å². The van der Waals surface area contributed by atoms with Crippen LogP contribution in [0.5, 0.6) is 0 Å². The molecule has 7 heteroatoms. The first kappa shape index (κ1) is 23.9. The van der Waals surface area contributed by atoms with Crippen LogP contribution in [0.2, 0.25) is 0 Å². The number of fused-ring (bicyclic) bond motifs is 1. The summed E-state index contributed by atoms with van der Waals surface area (Å²) in [5.41, 5.74) is 3.59. The van der Waals surface area contributed by atoms with Crippen LogP contribution in [0, 0.1) is 0 Å². The lowest BCUT2D eigenvalue weighted by molar-refractivity contribution is -0.117. The fourth-order valence-electron chi connectivity index (χ4n) is 4.20. The van der Waals surface area contributed by atoms with E-state index in [9.17, 15) is 14.4 Å². The number of benzene rings is 3. The molecule has 7 nitrogen and oxygen atoms in total. The van der Waals surface area contributed by atoms with Crippen LogP contribution >= 0.6 is 0 Å². The second kappa shape index (κ2) is 10.8. The SMILES string of the molecule is CCN(CC(=O)Nc1ccc(NC(C)=O)cc1)C(C(=O)c1c[nH]c2ccccc12)c1ccccc1. The van der Waals surface area contributed by atoms with E-state index >= 15 is 0 Å². The average Bonchev–Trinajstić information content (AvgIpc) is 3.29. The second-order valence-electron chi connectivity index (χ2n) is 8.30. The molecule has 3 aromatic carbocycles. The Morgan fingerprint density at radius 1 is 0.857 bits per heavy atom. The number of hydrogen-bond acceptors (Lipinski definition) is 4. The highest BCUT2D eigenvalue weighted by Crippen LogP contribution is 2.29. The molecule has 0 aliphatic carbocycles. The Labute approximate surface area is 204 Å². The number of hydrogen-bond donors (Lipinski definition) is 3. The molecular weight excluding hydrogens is 440 g/mol. The molecule has 3 N–H and O–H groups in total. The summed E-state index contributed by atoms with van der Waals surface area (Å²) in [6, 6.07) is 23.5. The summed E-state index contributed by atoms with van der Waals surface area (Å²) >= 11 is 0. The van der Waals surface area contributed by atoms with Crippen molar-refractivity contribution in [1.29, 1.82) is 0 Å². The van der Waals surface area contributed by atoms with Gasteiger partial charge in [-0.15, -0.1) is 0 Å². The number of anilines is 2. The maximum absolute atomic E-state index is 13.9. The van der Waals surface area contributed by atoms with Crippen molar-refractivity contribution in [3.63, 3.8) is 0 Å². The number of para-hydroxylation sites is 1. The minimum Gasteiger partial charge on any atom is -0.360 e. The fourth-order valence-corrected chi connectivity index (χ4v) is 4.20. The van der Waals surface area contributed by atoms with Crippen molar-refractivity contribution in [3.8, 4) is 0 Å². The minimum atomic E-state index is -0.617. The standard InChI is InChI=1S/C28H28N4O3/c1-3-32(18-26(34)31-22-15-13-21(14-16-22)30-19(2)33)27(20-9-5-4-6-10-20)28(35)24-17-29-25-12-8-7-11-23(24)25/h4-17,27,29H,3,18H2,1-2H3,(H,30,33)(H,31,34). The van der Waals surface area contributed by atoms with E-state index in [0.29, 0.717) is 23.5 Å². The molecule has 0 saturated carbocycles. The molecule has 4 aromatic rings. The summed E-state index contributed by atoms with van der Waals surface area (Å²) in [5, 5.41) is 6.44. The molecule has 0 spiro atoms. The first-order chi connectivity index (χ1) is 17.0. The van der Waals surface area contributed by atoms with Gasteiger partial charge in [-0.2, -0.15) is 0 Å². The van der Waals surface area contributed by atoms with Crippen molar-refractivity contribution in [2.45, 2.75) is 19.9 Å². The van der Waals surface area contributed by atoms with Gasteiger partial charge in [0.05, 0.1) is 12.6 Å². The summed E-state index contributed by atoms with van der Waals surface area (Å²) in [4.78, 5) is 43.1. The molecule has 0 bridgehead atoms. The van der Waals surface area contributed by atoms with Gasteiger partial charge in [-0.1, -0.05) is 55.5 Å². The average molecular weight is 469 g/mol. The number of Topliss-reactive ketones (excluding diaryl/α,β-unsaturated/α-hetero) is 1. The van der Waals surface area contributed by atoms with Gasteiger partial charge in [0.25, 0.3) is 0 Å². The summed E-state index contributed by atoms with van der Waals surface area (Å²) in [5.74, 6) is -0.457. The Morgan fingerprint density at radius 2 is 1.49 bits per heavy atom. The van der Waals surface area contributed by atoms with E-state index in [1.807, 2.05) is 66.4 Å². The Bertz CT molecular complexity index is 1330. The van der Waals surface area contributed by atoms with E-state index in [1.54, 1.807) is 30.5 Å².